The van der Waals surface area contributed by atoms with Gasteiger partial charge in [-0.25, -0.2) is 0 Å². The Morgan fingerprint density at radius 1 is 1.20 bits per heavy atom. The molecular weight excluding hydrogens is 190 g/mol. The van der Waals surface area contributed by atoms with Gasteiger partial charge >= 0.3 is 0 Å². The number of hydrogen-bond donors (Lipinski definition) is 3. The monoisotopic (exact) mass is 201 g/mol. The molecule has 0 fully saturated rings. The topological polar surface area (TPSA) is 70.9 Å². The van der Waals surface area contributed by atoms with E-state index >= 15 is 0 Å². The smallest absolute Gasteiger partial charge is 0.272 e. The van der Waals surface area contributed by atoms with Crippen LogP contribution in [-0.4, -0.2) is 10.9 Å². The average molecular weight is 201 g/mol. The maximum atomic E-state index is 11.6. The van der Waals surface area contributed by atoms with Gasteiger partial charge in [0.15, 0.2) is 0 Å². The summed E-state index contributed by atoms with van der Waals surface area (Å²) in [7, 11) is 0. The first-order valence-electron chi connectivity index (χ1n) is 4.56. The molecule has 0 radical (unpaired) electrons. The highest BCUT2D eigenvalue weighted by Gasteiger charge is 2.05. The van der Waals surface area contributed by atoms with Crippen molar-refractivity contribution in [3.05, 3.63) is 48.3 Å². The number of aromatic nitrogens is 1. The van der Waals surface area contributed by atoms with Crippen molar-refractivity contribution in [3.63, 3.8) is 0 Å². The molecule has 4 nitrogen and oxygen atoms in total. The number of aromatic amines is 1. The Hall–Kier alpha value is -2.23. The molecule has 2 rings (SSSR count). The van der Waals surface area contributed by atoms with Gasteiger partial charge in [-0.15, -0.1) is 0 Å². The summed E-state index contributed by atoms with van der Waals surface area (Å²) in [5, 5.41) is 2.75. The summed E-state index contributed by atoms with van der Waals surface area (Å²) in [5.74, 6) is -0.162. The molecule has 1 heterocycles. The number of rotatable bonds is 2. The lowest BCUT2D eigenvalue weighted by molar-refractivity contribution is 0.102. The average Bonchev–Trinajstić information content (AvgIpc) is 2.74. The zero-order valence-electron chi connectivity index (χ0n) is 8.03. The lowest BCUT2D eigenvalue weighted by Crippen LogP contribution is -2.11. The quantitative estimate of drug-likeness (QED) is 0.649. The molecule has 0 aliphatic heterocycles. The van der Waals surface area contributed by atoms with Crippen LogP contribution in [0.15, 0.2) is 42.6 Å². The summed E-state index contributed by atoms with van der Waals surface area (Å²) >= 11 is 0. The maximum absolute atomic E-state index is 11.6. The van der Waals surface area contributed by atoms with Gasteiger partial charge < -0.3 is 16.0 Å². The van der Waals surface area contributed by atoms with Crippen LogP contribution < -0.4 is 11.1 Å². The first-order chi connectivity index (χ1) is 7.25. The molecule has 0 spiro atoms. The molecule has 15 heavy (non-hydrogen) atoms. The van der Waals surface area contributed by atoms with Crippen molar-refractivity contribution in [1.82, 2.24) is 4.98 Å². The second kappa shape index (κ2) is 3.88. The molecule has 4 N–H and O–H groups in total. The third kappa shape index (κ3) is 2.17. The van der Waals surface area contributed by atoms with Crippen molar-refractivity contribution in [1.29, 1.82) is 0 Å². The summed E-state index contributed by atoms with van der Waals surface area (Å²) in [4.78, 5) is 14.4. The van der Waals surface area contributed by atoms with Gasteiger partial charge in [-0.2, -0.15) is 0 Å². The Kier molecular flexibility index (Phi) is 2.41. The Morgan fingerprint density at radius 3 is 2.53 bits per heavy atom. The zero-order chi connectivity index (χ0) is 10.7. The van der Waals surface area contributed by atoms with Gasteiger partial charge in [-0.3, -0.25) is 4.79 Å². The Bertz CT molecular complexity index is 445. The van der Waals surface area contributed by atoms with Crippen LogP contribution in [-0.2, 0) is 0 Å². The highest BCUT2D eigenvalue weighted by atomic mass is 16.1. The number of nitrogens with two attached hydrogens (primary N) is 1. The molecule has 4 heteroatoms. The first kappa shape index (κ1) is 9.33. The summed E-state index contributed by atoms with van der Waals surface area (Å²) in [6, 6.07) is 10.5. The van der Waals surface area contributed by atoms with Crippen molar-refractivity contribution >= 4 is 17.3 Å². The number of carbonyl (C=O) groups excluding carboxylic acids is 1. The van der Waals surface area contributed by atoms with E-state index in [0.717, 1.165) is 5.69 Å². The molecule has 0 aliphatic carbocycles. The number of nitrogen functional groups attached to an aromatic ring is 1. The van der Waals surface area contributed by atoms with Crippen molar-refractivity contribution in [3.8, 4) is 0 Å². The first-order valence-corrected chi connectivity index (χ1v) is 4.56. The van der Waals surface area contributed by atoms with Gasteiger partial charge in [0.25, 0.3) is 5.91 Å². The Balaban J connectivity index is 2.09. The lowest BCUT2D eigenvalue weighted by atomic mass is 10.3. The van der Waals surface area contributed by atoms with Gasteiger partial charge in [0.1, 0.15) is 5.69 Å². The number of hydrogen-bond acceptors (Lipinski definition) is 2. The second-order valence-electron chi connectivity index (χ2n) is 3.16. The number of nitrogens with one attached hydrogen (secondary N) is 2. The standard InChI is InChI=1S/C11H11N3O/c12-8-3-5-9(6-4-8)14-11(15)10-2-1-7-13-10/h1-7,13H,12H2,(H,14,15). The van der Waals surface area contributed by atoms with E-state index in [2.05, 4.69) is 10.3 Å². The predicted octanol–water partition coefficient (Wildman–Crippen LogP) is 1.85. The van der Waals surface area contributed by atoms with E-state index in [4.69, 9.17) is 5.73 Å². The van der Waals surface area contributed by atoms with E-state index in [1.54, 1.807) is 42.6 Å². The second-order valence-corrected chi connectivity index (χ2v) is 3.16. The van der Waals surface area contributed by atoms with Crippen LogP contribution in [0.2, 0.25) is 0 Å². The number of benzene rings is 1. The SMILES string of the molecule is Nc1ccc(NC(=O)c2ccc[nH]2)cc1. The molecule has 0 unspecified atom stereocenters. The molecule has 1 amide bonds. The number of anilines is 2. The Morgan fingerprint density at radius 2 is 1.93 bits per heavy atom. The third-order valence-corrected chi connectivity index (χ3v) is 2.01. The van der Waals surface area contributed by atoms with Crippen LogP contribution >= 0.6 is 0 Å². The van der Waals surface area contributed by atoms with E-state index in [0.29, 0.717) is 11.4 Å². The number of carbonyl (C=O) groups is 1. The van der Waals surface area contributed by atoms with Gasteiger partial charge in [-0.1, -0.05) is 0 Å². The molecule has 2 aromatic rings. The lowest BCUT2D eigenvalue weighted by Gasteiger charge is -2.03. The minimum Gasteiger partial charge on any atom is -0.399 e. The van der Waals surface area contributed by atoms with Crippen LogP contribution in [0.4, 0.5) is 11.4 Å². The van der Waals surface area contributed by atoms with E-state index in [1.807, 2.05) is 0 Å². The summed E-state index contributed by atoms with van der Waals surface area (Å²) in [5.41, 5.74) is 7.47. The predicted molar refractivity (Wildman–Crippen MR) is 59.6 cm³/mol. The molecule has 0 atom stereocenters. The van der Waals surface area contributed by atoms with Gasteiger partial charge in [0, 0.05) is 17.6 Å². The van der Waals surface area contributed by atoms with Crippen LogP contribution in [0.1, 0.15) is 10.5 Å². The third-order valence-electron chi connectivity index (χ3n) is 2.01. The van der Waals surface area contributed by atoms with Crippen molar-refractivity contribution in [2.75, 3.05) is 11.1 Å². The number of amides is 1. The maximum Gasteiger partial charge on any atom is 0.272 e. The van der Waals surface area contributed by atoms with Crippen molar-refractivity contribution < 1.29 is 4.79 Å². The summed E-state index contributed by atoms with van der Waals surface area (Å²) < 4.78 is 0. The van der Waals surface area contributed by atoms with Crippen molar-refractivity contribution in [2.24, 2.45) is 0 Å². The van der Waals surface area contributed by atoms with Crippen LogP contribution in [0.5, 0.6) is 0 Å². The van der Waals surface area contributed by atoms with E-state index in [1.165, 1.54) is 0 Å². The molecule has 0 saturated carbocycles. The fourth-order valence-corrected chi connectivity index (χ4v) is 1.24. The number of H-pyrrole nitrogens is 1. The van der Waals surface area contributed by atoms with E-state index < -0.39 is 0 Å². The normalized spacial score (nSPS) is 9.87. The minimum absolute atomic E-state index is 0.162. The summed E-state index contributed by atoms with van der Waals surface area (Å²) in [6.07, 6.45) is 1.71. The molecule has 0 aliphatic rings. The van der Waals surface area contributed by atoms with Crippen LogP contribution in [0, 0.1) is 0 Å². The fourth-order valence-electron chi connectivity index (χ4n) is 1.24. The minimum atomic E-state index is -0.162. The zero-order valence-corrected chi connectivity index (χ0v) is 8.03. The molecule has 0 saturated heterocycles. The van der Waals surface area contributed by atoms with Gasteiger partial charge in [0.05, 0.1) is 0 Å². The largest absolute Gasteiger partial charge is 0.399 e. The van der Waals surface area contributed by atoms with Gasteiger partial charge in [-0.05, 0) is 36.4 Å². The molecule has 1 aromatic carbocycles. The summed E-state index contributed by atoms with van der Waals surface area (Å²) in [6.45, 7) is 0. The Labute approximate surface area is 87.1 Å². The van der Waals surface area contributed by atoms with Crippen molar-refractivity contribution in [2.45, 2.75) is 0 Å². The van der Waals surface area contributed by atoms with Gasteiger partial charge in [0.2, 0.25) is 0 Å². The highest BCUT2D eigenvalue weighted by molar-refractivity contribution is 6.02. The molecule has 0 bridgehead atoms. The van der Waals surface area contributed by atoms with E-state index in [9.17, 15) is 4.79 Å². The molecular formula is C11H11N3O. The van der Waals surface area contributed by atoms with Crippen LogP contribution in [0.3, 0.4) is 0 Å². The van der Waals surface area contributed by atoms with E-state index in [-0.39, 0.29) is 5.91 Å². The molecule has 1 aromatic heterocycles. The van der Waals surface area contributed by atoms with Crippen LogP contribution in [0.25, 0.3) is 0 Å². The molecule has 76 valence electrons. The highest BCUT2D eigenvalue weighted by Crippen LogP contribution is 2.11. The fraction of sp³-hybridized carbons (Fsp3) is 0.